The number of rotatable bonds is 8. The summed E-state index contributed by atoms with van der Waals surface area (Å²) in [5.74, 6) is 2.09. The Morgan fingerprint density at radius 1 is 1.05 bits per heavy atom. The minimum atomic E-state index is -0.244. The van der Waals surface area contributed by atoms with Crippen molar-refractivity contribution in [1.29, 1.82) is 0 Å². The van der Waals surface area contributed by atoms with Crippen LogP contribution in [0.4, 0.5) is 0 Å². The highest BCUT2D eigenvalue weighted by molar-refractivity contribution is 7.99. The van der Waals surface area contributed by atoms with Gasteiger partial charge in [-0.2, -0.15) is 9.78 Å². The number of ether oxygens (including phenoxy) is 1. The second kappa shape index (κ2) is 11.1. The number of hydrogen-bond acceptors (Lipinski definition) is 6. The van der Waals surface area contributed by atoms with Gasteiger partial charge in [-0.25, -0.2) is 4.98 Å². The van der Waals surface area contributed by atoms with Crippen LogP contribution in [0, 0.1) is 6.92 Å². The summed E-state index contributed by atoms with van der Waals surface area (Å²) in [6.45, 7) is 8.80. The fourth-order valence-corrected chi connectivity index (χ4v) is 5.05. The molecule has 192 valence electrons. The molecule has 0 fully saturated rings. The first-order valence-corrected chi connectivity index (χ1v) is 13.4. The quantitative estimate of drug-likeness (QED) is 0.197. The maximum absolute atomic E-state index is 13.6. The molecule has 0 bridgehead atoms. The zero-order chi connectivity index (χ0) is 26.6. The molecule has 6 nitrogen and oxygen atoms in total. The van der Waals surface area contributed by atoms with Crippen molar-refractivity contribution in [3.63, 3.8) is 0 Å². The lowest BCUT2D eigenvalue weighted by molar-refractivity contribution is 0.335. The van der Waals surface area contributed by atoms with E-state index >= 15 is 0 Å². The molecule has 38 heavy (non-hydrogen) atoms. The van der Waals surface area contributed by atoms with Crippen LogP contribution in [-0.4, -0.2) is 22.5 Å². The van der Waals surface area contributed by atoms with Crippen molar-refractivity contribution in [2.24, 2.45) is 5.10 Å². The maximum atomic E-state index is 13.6. The van der Waals surface area contributed by atoms with E-state index in [1.54, 1.807) is 12.3 Å². The zero-order valence-electron chi connectivity index (χ0n) is 21.8. The summed E-state index contributed by atoms with van der Waals surface area (Å²) >= 11 is 1.53. The smallest absolute Gasteiger partial charge is 0.282 e. The number of hydrogen-bond donors (Lipinski definition) is 0. The van der Waals surface area contributed by atoms with Gasteiger partial charge in [-0.15, -0.1) is 0 Å². The van der Waals surface area contributed by atoms with E-state index in [-0.39, 0.29) is 11.5 Å². The molecule has 0 aliphatic carbocycles. The van der Waals surface area contributed by atoms with E-state index in [4.69, 9.17) is 14.1 Å². The highest BCUT2D eigenvalue weighted by Crippen LogP contribution is 2.34. The topological polar surface area (TPSA) is 69.6 Å². The van der Waals surface area contributed by atoms with Crippen LogP contribution in [0.3, 0.4) is 0 Å². The molecule has 7 heteroatoms. The fraction of sp³-hybridized carbons (Fsp3) is 0.194. The Kier molecular flexibility index (Phi) is 7.47. The average molecular weight is 524 g/mol. The lowest BCUT2D eigenvalue weighted by atomic mass is 9.96. The lowest BCUT2D eigenvalue weighted by Gasteiger charge is -2.18. The van der Waals surface area contributed by atoms with E-state index in [2.05, 4.69) is 25.0 Å². The predicted molar refractivity (Wildman–Crippen MR) is 154 cm³/mol. The molecule has 5 rings (SSSR count). The van der Waals surface area contributed by atoms with Gasteiger partial charge >= 0.3 is 0 Å². The molecule has 0 aliphatic rings. The third-order valence-electron chi connectivity index (χ3n) is 6.14. The average Bonchev–Trinajstić information content (AvgIpc) is 3.36. The number of aromatic nitrogens is 2. The Hall–Kier alpha value is -4.10. The number of fused-ring (bicyclic) bond motifs is 1. The molecular formula is C31H29N3O3S. The van der Waals surface area contributed by atoms with Crippen LogP contribution in [0.5, 0.6) is 5.75 Å². The molecule has 0 spiro atoms. The van der Waals surface area contributed by atoms with E-state index in [1.165, 1.54) is 16.4 Å². The zero-order valence-corrected chi connectivity index (χ0v) is 22.7. The Bertz CT molecular complexity index is 1670. The molecule has 0 saturated heterocycles. The van der Waals surface area contributed by atoms with Crippen molar-refractivity contribution in [2.75, 3.05) is 6.61 Å². The molecule has 0 N–H and O–H groups in total. The van der Waals surface area contributed by atoms with Gasteiger partial charge < -0.3 is 9.15 Å². The van der Waals surface area contributed by atoms with Gasteiger partial charge in [0.1, 0.15) is 11.5 Å². The molecular weight excluding hydrogens is 494 g/mol. The predicted octanol–water partition coefficient (Wildman–Crippen LogP) is 7.52. The Balaban J connectivity index is 1.61. The molecule has 3 aromatic carbocycles. The maximum Gasteiger partial charge on any atom is 0.282 e. The Morgan fingerprint density at radius 2 is 1.82 bits per heavy atom. The van der Waals surface area contributed by atoms with Gasteiger partial charge in [0.15, 0.2) is 10.9 Å². The van der Waals surface area contributed by atoms with Crippen LogP contribution in [0.1, 0.15) is 43.6 Å². The highest BCUT2D eigenvalue weighted by atomic mass is 32.2. The van der Waals surface area contributed by atoms with Gasteiger partial charge in [0.25, 0.3) is 5.56 Å². The van der Waals surface area contributed by atoms with Crippen LogP contribution in [-0.2, 0) is 0 Å². The first-order valence-electron chi connectivity index (χ1n) is 12.6. The molecule has 2 heterocycles. The summed E-state index contributed by atoms with van der Waals surface area (Å²) in [4.78, 5) is 19.6. The summed E-state index contributed by atoms with van der Waals surface area (Å²) < 4.78 is 13.2. The second-order valence-electron chi connectivity index (χ2n) is 9.18. The molecule has 0 radical (unpaired) electrons. The minimum Gasteiger partial charge on any atom is -0.494 e. The summed E-state index contributed by atoms with van der Waals surface area (Å²) in [6, 6.07) is 25.2. The van der Waals surface area contributed by atoms with Crippen molar-refractivity contribution in [3.05, 3.63) is 106 Å². The minimum absolute atomic E-state index is 0.226. The largest absolute Gasteiger partial charge is 0.494 e. The summed E-state index contributed by atoms with van der Waals surface area (Å²) in [5.41, 5.74) is 3.21. The lowest BCUT2D eigenvalue weighted by Crippen LogP contribution is -2.20. The van der Waals surface area contributed by atoms with Crippen molar-refractivity contribution < 1.29 is 9.15 Å². The van der Waals surface area contributed by atoms with Gasteiger partial charge in [0.05, 0.1) is 23.7 Å². The summed E-state index contributed by atoms with van der Waals surface area (Å²) in [6.07, 6.45) is 1.56. The number of benzene rings is 3. The van der Waals surface area contributed by atoms with E-state index in [9.17, 15) is 4.79 Å². The third kappa shape index (κ3) is 5.29. The van der Waals surface area contributed by atoms with E-state index in [0.717, 1.165) is 32.4 Å². The van der Waals surface area contributed by atoms with Gasteiger partial charge in [-0.05, 0) is 79.4 Å². The first-order chi connectivity index (χ1) is 18.4. The summed E-state index contributed by atoms with van der Waals surface area (Å²) in [7, 11) is 0. The standard InChI is InChI=1S/C31H29N3O3S/c1-5-36-28-17-21(4)26(18-25(28)20(2)3)30-33-27-14-10-9-13-24(27)31(35)34(30)32-19-22-15-16-29(37-22)38-23-11-7-6-8-12-23/h6-20H,5H2,1-4H3. The molecule has 5 aromatic rings. The van der Waals surface area contributed by atoms with E-state index in [1.807, 2.05) is 80.6 Å². The molecule has 0 atom stereocenters. The fourth-order valence-electron chi connectivity index (χ4n) is 4.25. The van der Waals surface area contributed by atoms with Crippen LogP contribution in [0.2, 0.25) is 0 Å². The first kappa shape index (κ1) is 25.5. The van der Waals surface area contributed by atoms with Crippen molar-refractivity contribution >= 4 is 28.9 Å². The molecule has 0 unspecified atom stereocenters. The Morgan fingerprint density at radius 3 is 2.58 bits per heavy atom. The van der Waals surface area contributed by atoms with Crippen LogP contribution in [0.25, 0.3) is 22.3 Å². The Labute approximate surface area is 226 Å². The van der Waals surface area contributed by atoms with E-state index in [0.29, 0.717) is 29.1 Å². The van der Waals surface area contributed by atoms with Crippen LogP contribution < -0.4 is 10.3 Å². The van der Waals surface area contributed by atoms with E-state index < -0.39 is 0 Å². The molecule has 0 saturated carbocycles. The molecule has 0 aliphatic heterocycles. The van der Waals surface area contributed by atoms with Crippen molar-refractivity contribution in [1.82, 2.24) is 9.66 Å². The number of aryl methyl sites for hydroxylation is 1. The van der Waals surface area contributed by atoms with Crippen LogP contribution >= 0.6 is 11.8 Å². The van der Waals surface area contributed by atoms with Gasteiger partial charge in [-0.1, -0.05) is 55.9 Å². The number of furan rings is 1. The highest BCUT2D eigenvalue weighted by Gasteiger charge is 2.18. The van der Waals surface area contributed by atoms with Crippen LogP contribution in [0.15, 0.2) is 103 Å². The number of nitrogens with zero attached hydrogens (tertiary/aromatic N) is 3. The van der Waals surface area contributed by atoms with Crippen molar-refractivity contribution in [2.45, 2.75) is 43.6 Å². The van der Waals surface area contributed by atoms with Gasteiger partial charge in [0.2, 0.25) is 0 Å². The second-order valence-corrected chi connectivity index (χ2v) is 10.3. The van der Waals surface area contributed by atoms with Gasteiger partial charge in [-0.3, -0.25) is 4.79 Å². The monoisotopic (exact) mass is 523 g/mol. The molecule has 0 amide bonds. The SMILES string of the molecule is CCOc1cc(C)c(-c2nc3ccccc3c(=O)n2N=Cc2ccc(Sc3ccccc3)o2)cc1C(C)C. The summed E-state index contributed by atoms with van der Waals surface area (Å²) in [5, 5.41) is 5.82. The normalized spacial score (nSPS) is 11.6. The van der Waals surface area contributed by atoms with Crippen molar-refractivity contribution in [3.8, 4) is 17.1 Å². The van der Waals surface area contributed by atoms with Gasteiger partial charge in [0, 0.05) is 10.5 Å². The third-order valence-corrected chi connectivity index (χ3v) is 7.07. The number of para-hydroxylation sites is 1. The molecule has 2 aromatic heterocycles.